The molecule has 1 rings (SSSR count). The van der Waals surface area contributed by atoms with E-state index in [2.05, 4.69) is 27.5 Å². The van der Waals surface area contributed by atoms with E-state index in [1.54, 1.807) is 24.4 Å². The molecule has 1 N–H and O–H groups in total. The van der Waals surface area contributed by atoms with Crippen LogP contribution >= 0.6 is 15.9 Å². The van der Waals surface area contributed by atoms with Crippen molar-refractivity contribution in [1.29, 1.82) is 0 Å². The van der Waals surface area contributed by atoms with Gasteiger partial charge < -0.3 is 10.0 Å². The standard InChI is InChI=1S/C11H13BrN2O2/c1-2-6-14(7-8-15)11(16)9-4-3-5-13-10(9)12/h2-5,15H,1,6-8H2. The second-order valence-corrected chi connectivity index (χ2v) is 3.86. The predicted octanol–water partition coefficient (Wildman–Crippen LogP) is 1.46. The summed E-state index contributed by atoms with van der Waals surface area (Å²) in [6.45, 7) is 4.19. The Morgan fingerprint density at radius 1 is 1.69 bits per heavy atom. The van der Waals surface area contributed by atoms with E-state index in [1.807, 2.05) is 0 Å². The lowest BCUT2D eigenvalue weighted by Gasteiger charge is -2.20. The van der Waals surface area contributed by atoms with E-state index in [4.69, 9.17) is 5.11 Å². The highest BCUT2D eigenvalue weighted by molar-refractivity contribution is 9.10. The molecule has 0 saturated heterocycles. The van der Waals surface area contributed by atoms with Gasteiger partial charge >= 0.3 is 0 Å². The van der Waals surface area contributed by atoms with E-state index >= 15 is 0 Å². The first-order chi connectivity index (χ1) is 7.70. The van der Waals surface area contributed by atoms with Crippen molar-refractivity contribution >= 4 is 21.8 Å². The summed E-state index contributed by atoms with van der Waals surface area (Å²) >= 11 is 3.22. The van der Waals surface area contributed by atoms with Gasteiger partial charge in [-0.3, -0.25) is 4.79 Å². The first-order valence-corrected chi connectivity index (χ1v) is 5.61. The van der Waals surface area contributed by atoms with Crippen LogP contribution in [0.1, 0.15) is 10.4 Å². The number of pyridine rings is 1. The number of aliphatic hydroxyl groups excluding tert-OH is 1. The number of carbonyl (C=O) groups excluding carboxylic acids is 1. The molecule has 5 heteroatoms. The van der Waals surface area contributed by atoms with E-state index in [1.165, 1.54) is 4.90 Å². The van der Waals surface area contributed by atoms with Gasteiger partial charge in [0.25, 0.3) is 5.91 Å². The smallest absolute Gasteiger partial charge is 0.256 e. The number of halogens is 1. The van der Waals surface area contributed by atoms with E-state index < -0.39 is 0 Å². The Labute approximate surface area is 103 Å². The van der Waals surface area contributed by atoms with Gasteiger partial charge in [-0.05, 0) is 28.1 Å². The molecule has 0 aromatic carbocycles. The molecule has 16 heavy (non-hydrogen) atoms. The van der Waals surface area contributed by atoms with Gasteiger partial charge in [0.1, 0.15) is 4.60 Å². The number of amides is 1. The minimum Gasteiger partial charge on any atom is -0.395 e. The average molecular weight is 285 g/mol. The molecule has 0 aliphatic heterocycles. The number of hydrogen-bond acceptors (Lipinski definition) is 3. The van der Waals surface area contributed by atoms with Crippen LogP contribution in [-0.2, 0) is 0 Å². The van der Waals surface area contributed by atoms with Crippen LogP contribution in [0.15, 0.2) is 35.6 Å². The fraction of sp³-hybridized carbons (Fsp3) is 0.273. The van der Waals surface area contributed by atoms with Crippen LogP contribution in [-0.4, -0.2) is 40.6 Å². The Hall–Kier alpha value is -1.20. The summed E-state index contributed by atoms with van der Waals surface area (Å²) in [4.78, 5) is 17.5. The average Bonchev–Trinajstić information content (AvgIpc) is 2.28. The van der Waals surface area contributed by atoms with Gasteiger partial charge in [-0.1, -0.05) is 6.08 Å². The summed E-state index contributed by atoms with van der Waals surface area (Å²) in [5.74, 6) is -0.172. The van der Waals surface area contributed by atoms with Gasteiger partial charge in [-0.25, -0.2) is 4.98 Å². The summed E-state index contributed by atoms with van der Waals surface area (Å²) in [5.41, 5.74) is 0.484. The third-order valence-corrected chi connectivity index (χ3v) is 2.63. The molecule has 0 fully saturated rings. The topological polar surface area (TPSA) is 53.4 Å². The lowest BCUT2D eigenvalue weighted by Crippen LogP contribution is -2.34. The van der Waals surface area contributed by atoms with Gasteiger partial charge in [-0.15, -0.1) is 6.58 Å². The summed E-state index contributed by atoms with van der Waals surface area (Å²) in [5, 5.41) is 8.87. The van der Waals surface area contributed by atoms with Crippen LogP contribution in [0.3, 0.4) is 0 Å². The van der Waals surface area contributed by atoms with Gasteiger partial charge in [-0.2, -0.15) is 0 Å². The molecule has 0 aliphatic carbocycles. The Bertz CT molecular complexity index is 382. The van der Waals surface area contributed by atoms with Gasteiger partial charge in [0.2, 0.25) is 0 Å². The summed E-state index contributed by atoms with van der Waals surface area (Å²) in [6.07, 6.45) is 3.22. The molecule has 0 spiro atoms. The molecule has 0 atom stereocenters. The molecule has 0 aliphatic rings. The SMILES string of the molecule is C=CCN(CCO)C(=O)c1cccnc1Br. The van der Waals surface area contributed by atoms with Crippen molar-refractivity contribution in [2.24, 2.45) is 0 Å². The number of hydrogen-bond donors (Lipinski definition) is 1. The summed E-state index contributed by atoms with van der Waals surface area (Å²) in [7, 11) is 0. The van der Waals surface area contributed by atoms with Crippen LogP contribution in [0.5, 0.6) is 0 Å². The summed E-state index contributed by atoms with van der Waals surface area (Å²) < 4.78 is 0.506. The van der Waals surface area contributed by atoms with Crippen molar-refractivity contribution in [3.63, 3.8) is 0 Å². The molecule has 4 nitrogen and oxygen atoms in total. The molecular formula is C11H13BrN2O2. The van der Waals surface area contributed by atoms with Gasteiger partial charge in [0.05, 0.1) is 12.2 Å². The second-order valence-electron chi connectivity index (χ2n) is 3.11. The first-order valence-electron chi connectivity index (χ1n) is 4.82. The first kappa shape index (κ1) is 12.9. The molecule has 1 aromatic rings. The lowest BCUT2D eigenvalue weighted by molar-refractivity contribution is 0.0741. The summed E-state index contributed by atoms with van der Waals surface area (Å²) in [6, 6.07) is 3.38. The zero-order chi connectivity index (χ0) is 12.0. The Balaban J connectivity index is 2.89. The van der Waals surface area contributed by atoms with Crippen LogP contribution < -0.4 is 0 Å². The van der Waals surface area contributed by atoms with Crippen molar-refractivity contribution in [1.82, 2.24) is 9.88 Å². The molecule has 0 saturated carbocycles. The van der Waals surface area contributed by atoms with Crippen molar-refractivity contribution < 1.29 is 9.90 Å². The van der Waals surface area contributed by atoms with E-state index in [9.17, 15) is 4.79 Å². The fourth-order valence-electron chi connectivity index (χ4n) is 1.27. The third-order valence-electron chi connectivity index (χ3n) is 2.00. The predicted molar refractivity (Wildman–Crippen MR) is 65.1 cm³/mol. The number of nitrogens with zero attached hydrogens (tertiary/aromatic N) is 2. The maximum atomic E-state index is 12.0. The number of rotatable bonds is 5. The largest absolute Gasteiger partial charge is 0.395 e. The second kappa shape index (κ2) is 6.40. The molecule has 1 aromatic heterocycles. The van der Waals surface area contributed by atoms with Crippen molar-refractivity contribution in [3.8, 4) is 0 Å². The Morgan fingerprint density at radius 2 is 2.44 bits per heavy atom. The fourth-order valence-corrected chi connectivity index (χ4v) is 1.69. The third kappa shape index (κ3) is 3.15. The highest BCUT2D eigenvalue weighted by Gasteiger charge is 2.16. The lowest BCUT2D eigenvalue weighted by atomic mass is 10.2. The van der Waals surface area contributed by atoms with E-state index in [0.29, 0.717) is 16.7 Å². The Kier molecular flexibility index (Phi) is 5.14. The molecular weight excluding hydrogens is 272 g/mol. The quantitative estimate of drug-likeness (QED) is 0.658. The van der Waals surface area contributed by atoms with Crippen molar-refractivity contribution in [3.05, 3.63) is 41.2 Å². The van der Waals surface area contributed by atoms with Crippen LogP contribution in [0.25, 0.3) is 0 Å². The van der Waals surface area contributed by atoms with Crippen LogP contribution in [0.2, 0.25) is 0 Å². The molecule has 1 heterocycles. The molecule has 1 amide bonds. The zero-order valence-corrected chi connectivity index (χ0v) is 10.4. The molecule has 86 valence electrons. The molecule has 0 radical (unpaired) electrons. The minimum absolute atomic E-state index is 0.0720. The van der Waals surface area contributed by atoms with Gasteiger partial charge in [0.15, 0.2) is 0 Å². The van der Waals surface area contributed by atoms with Gasteiger partial charge in [0, 0.05) is 19.3 Å². The minimum atomic E-state index is -0.172. The normalized spacial score (nSPS) is 9.88. The maximum Gasteiger partial charge on any atom is 0.256 e. The number of carbonyl (C=O) groups is 1. The maximum absolute atomic E-state index is 12.0. The number of aliphatic hydroxyl groups is 1. The van der Waals surface area contributed by atoms with Crippen molar-refractivity contribution in [2.45, 2.75) is 0 Å². The zero-order valence-electron chi connectivity index (χ0n) is 8.77. The van der Waals surface area contributed by atoms with Crippen LogP contribution in [0, 0.1) is 0 Å². The van der Waals surface area contributed by atoms with Crippen molar-refractivity contribution in [2.75, 3.05) is 19.7 Å². The molecule has 0 unspecified atom stereocenters. The van der Waals surface area contributed by atoms with Crippen LogP contribution in [0.4, 0.5) is 0 Å². The molecule has 0 bridgehead atoms. The highest BCUT2D eigenvalue weighted by atomic mass is 79.9. The van der Waals surface area contributed by atoms with E-state index in [0.717, 1.165) is 0 Å². The number of aromatic nitrogens is 1. The highest BCUT2D eigenvalue weighted by Crippen LogP contribution is 2.14. The monoisotopic (exact) mass is 284 g/mol. The Morgan fingerprint density at radius 3 is 3.00 bits per heavy atom. The van der Waals surface area contributed by atoms with E-state index in [-0.39, 0.29) is 19.1 Å².